The van der Waals surface area contributed by atoms with E-state index in [0.717, 1.165) is 7.11 Å². The number of hydrogen-bond acceptors (Lipinski definition) is 3. The molecule has 0 atom stereocenters. The molecule has 0 bridgehead atoms. The summed E-state index contributed by atoms with van der Waals surface area (Å²) in [4.78, 5) is 9.03. The minimum atomic E-state index is -1.50. The molecule has 44 valence electrons. The summed E-state index contributed by atoms with van der Waals surface area (Å²) in [5.74, 6) is 0. The monoisotopic (exact) mass is 268 g/mol. The van der Waals surface area contributed by atoms with Crippen molar-refractivity contribution in [1.29, 1.82) is 0 Å². The third kappa shape index (κ3) is 25.9. The van der Waals surface area contributed by atoms with Gasteiger partial charge in [-0.05, 0) is 0 Å². The van der Waals surface area contributed by atoms with Crippen molar-refractivity contribution < 1.29 is 80.1 Å². The quantitative estimate of drug-likeness (QED) is 0.436. The molecule has 0 aromatic heterocycles. The normalized spacial score (nSPS) is 4.12. The van der Waals surface area contributed by atoms with Crippen LogP contribution in [0.15, 0.2) is 0 Å². The molecule has 0 aliphatic carbocycles. The molecule has 0 rings (SSSR count). The van der Waals surface area contributed by atoms with Crippen LogP contribution in [-0.2, 0) is 70.2 Å². The SMILES string of the molecule is COC(=O)[O-].[CH3-].[Y].[Y]. The van der Waals surface area contributed by atoms with E-state index in [4.69, 9.17) is 9.90 Å². The summed E-state index contributed by atoms with van der Waals surface area (Å²) in [6.45, 7) is 0. The molecule has 0 fully saturated rings. The van der Waals surface area contributed by atoms with Crippen molar-refractivity contribution in [1.82, 2.24) is 0 Å². The van der Waals surface area contributed by atoms with Crippen LogP contribution in [0.1, 0.15) is 0 Å². The Morgan fingerprint density at radius 2 is 1.62 bits per heavy atom. The Balaban J connectivity index is -0.0000000267. The molecule has 0 aliphatic rings. The summed E-state index contributed by atoms with van der Waals surface area (Å²) in [5, 5.41) is 9.03. The number of carboxylic acid groups (broad SMARTS) is 1. The summed E-state index contributed by atoms with van der Waals surface area (Å²) in [7, 11) is 1.04. The van der Waals surface area contributed by atoms with Crippen LogP contribution in [0.5, 0.6) is 0 Å². The van der Waals surface area contributed by atoms with Crippen LogP contribution >= 0.6 is 0 Å². The van der Waals surface area contributed by atoms with Gasteiger partial charge in [-0.15, -0.1) is 0 Å². The molecule has 8 heavy (non-hydrogen) atoms. The molecule has 0 aliphatic heterocycles. The van der Waals surface area contributed by atoms with E-state index >= 15 is 0 Å². The first kappa shape index (κ1) is 22.7. The standard InChI is InChI=1S/C2H4O3.CH3.2Y/c1-5-2(3)4;;;/h1H3,(H,3,4);1H3;;/q;-1;;/p-1. The molecule has 0 saturated carbocycles. The fraction of sp³-hybridized carbons (Fsp3) is 0.333. The van der Waals surface area contributed by atoms with Gasteiger partial charge in [-0.2, -0.15) is 0 Å². The zero-order chi connectivity index (χ0) is 4.28. The van der Waals surface area contributed by atoms with Gasteiger partial charge in [-0.1, -0.05) is 0 Å². The van der Waals surface area contributed by atoms with Crippen molar-refractivity contribution in [2.45, 2.75) is 0 Å². The smallest absolute Gasteiger partial charge is 0.251 e. The summed E-state index contributed by atoms with van der Waals surface area (Å²) in [6, 6.07) is 0. The number of ether oxygens (including phenoxy) is 1. The summed E-state index contributed by atoms with van der Waals surface area (Å²) in [5.41, 5.74) is 0. The number of carbonyl (C=O) groups is 1. The minimum Gasteiger partial charge on any atom is -0.553 e. The molecule has 0 N–H and O–H groups in total. The molecular weight excluding hydrogens is 262 g/mol. The second-order valence-corrected chi connectivity index (χ2v) is 0.454. The van der Waals surface area contributed by atoms with E-state index in [1.165, 1.54) is 0 Å². The van der Waals surface area contributed by atoms with Gasteiger partial charge in [0.1, 0.15) is 0 Å². The van der Waals surface area contributed by atoms with Crippen LogP contribution in [0, 0.1) is 7.43 Å². The van der Waals surface area contributed by atoms with Crippen molar-refractivity contribution in [2.24, 2.45) is 0 Å². The van der Waals surface area contributed by atoms with Crippen molar-refractivity contribution in [3.05, 3.63) is 7.43 Å². The van der Waals surface area contributed by atoms with Gasteiger partial charge < -0.3 is 22.1 Å². The first-order valence-corrected chi connectivity index (χ1v) is 1.02. The van der Waals surface area contributed by atoms with E-state index in [-0.39, 0.29) is 72.8 Å². The molecule has 0 saturated heterocycles. The molecule has 5 heteroatoms. The van der Waals surface area contributed by atoms with E-state index < -0.39 is 6.16 Å². The van der Waals surface area contributed by atoms with Gasteiger partial charge in [0, 0.05) is 72.5 Å². The van der Waals surface area contributed by atoms with Crippen LogP contribution in [0.25, 0.3) is 0 Å². The van der Waals surface area contributed by atoms with Gasteiger partial charge in [0.25, 0.3) is 6.16 Å². The van der Waals surface area contributed by atoms with Crippen LogP contribution in [0.3, 0.4) is 0 Å². The van der Waals surface area contributed by atoms with E-state index in [9.17, 15) is 0 Å². The Morgan fingerprint density at radius 1 is 1.50 bits per heavy atom. The number of methoxy groups -OCH3 is 1. The molecule has 0 heterocycles. The summed E-state index contributed by atoms with van der Waals surface area (Å²) in [6.07, 6.45) is -1.50. The molecule has 0 unspecified atom stereocenters. The van der Waals surface area contributed by atoms with Crippen LogP contribution in [-0.4, -0.2) is 13.3 Å². The van der Waals surface area contributed by atoms with Crippen LogP contribution in [0.2, 0.25) is 0 Å². The zero-order valence-corrected chi connectivity index (χ0v) is 10.6. The third-order valence-corrected chi connectivity index (χ3v) is 0.167. The number of rotatable bonds is 0. The molecule has 0 aromatic rings. The van der Waals surface area contributed by atoms with Gasteiger partial charge >= 0.3 is 0 Å². The fourth-order valence-electron chi connectivity index (χ4n) is 0. The van der Waals surface area contributed by atoms with Crippen molar-refractivity contribution >= 4 is 6.16 Å². The number of hydrogen-bond donors (Lipinski definition) is 0. The van der Waals surface area contributed by atoms with Gasteiger partial charge in [-0.3, -0.25) is 0 Å². The Hall–Kier alpha value is 1.48. The largest absolute Gasteiger partial charge is 0.553 e. The number of carbonyl (C=O) groups excluding carboxylic acids is 1. The van der Waals surface area contributed by atoms with Crippen molar-refractivity contribution in [2.75, 3.05) is 7.11 Å². The van der Waals surface area contributed by atoms with Gasteiger partial charge in [-0.25, -0.2) is 0 Å². The average molecular weight is 268 g/mol. The summed E-state index contributed by atoms with van der Waals surface area (Å²) >= 11 is 0. The van der Waals surface area contributed by atoms with Crippen molar-refractivity contribution in [3.8, 4) is 0 Å². The van der Waals surface area contributed by atoms with Crippen LogP contribution < -0.4 is 5.11 Å². The van der Waals surface area contributed by atoms with Gasteiger partial charge in [0.15, 0.2) is 0 Å². The fourth-order valence-corrected chi connectivity index (χ4v) is 0. The summed E-state index contributed by atoms with van der Waals surface area (Å²) < 4.78 is 3.56. The van der Waals surface area contributed by atoms with E-state index in [0.29, 0.717) is 0 Å². The Bertz CT molecular complexity index is 47.8. The molecule has 0 amide bonds. The average Bonchev–Trinajstić information content (AvgIpc) is 1.38. The molecule has 3 nitrogen and oxygen atoms in total. The maximum absolute atomic E-state index is 9.03. The van der Waals surface area contributed by atoms with Crippen molar-refractivity contribution in [3.63, 3.8) is 0 Å². The second-order valence-electron chi connectivity index (χ2n) is 0.454. The predicted octanol–water partition coefficient (Wildman–Crippen LogP) is -0.579. The maximum atomic E-state index is 9.03. The van der Waals surface area contributed by atoms with E-state index in [2.05, 4.69) is 4.74 Å². The predicted molar refractivity (Wildman–Crippen MR) is 18.8 cm³/mol. The molecule has 0 spiro atoms. The first-order chi connectivity index (χ1) is 2.27. The van der Waals surface area contributed by atoms with Gasteiger partial charge in [0.2, 0.25) is 0 Å². The second kappa shape index (κ2) is 15.8. The Labute approximate surface area is 99.3 Å². The zero-order valence-electron chi connectivity index (χ0n) is 4.88. The van der Waals surface area contributed by atoms with E-state index in [1.807, 2.05) is 0 Å². The van der Waals surface area contributed by atoms with Crippen LogP contribution in [0.4, 0.5) is 4.79 Å². The minimum absolute atomic E-state index is 0. The Morgan fingerprint density at radius 3 is 1.62 bits per heavy atom. The molecule has 0 aromatic carbocycles. The molecule has 2 radical (unpaired) electrons. The molecular formula is C3H6O3Y2-2. The third-order valence-electron chi connectivity index (χ3n) is 0.167. The maximum Gasteiger partial charge on any atom is 0.251 e. The topological polar surface area (TPSA) is 49.4 Å². The van der Waals surface area contributed by atoms with Gasteiger partial charge in [0.05, 0.1) is 0 Å². The Kier molecular flexibility index (Phi) is 44.8. The van der Waals surface area contributed by atoms with E-state index in [1.54, 1.807) is 0 Å². The first-order valence-electron chi connectivity index (χ1n) is 1.02.